The van der Waals surface area contributed by atoms with Crippen LogP contribution in [0.5, 0.6) is 0 Å². The van der Waals surface area contributed by atoms with Crippen molar-refractivity contribution in [3.8, 4) is 0 Å². The average molecular weight is 466 g/mol. The highest BCUT2D eigenvalue weighted by molar-refractivity contribution is 7.99. The molecule has 0 bridgehead atoms. The van der Waals surface area contributed by atoms with Crippen molar-refractivity contribution in [1.82, 2.24) is 24.6 Å². The van der Waals surface area contributed by atoms with Gasteiger partial charge in [-0.05, 0) is 43.5 Å². The van der Waals surface area contributed by atoms with Gasteiger partial charge in [-0.3, -0.25) is 14.6 Å². The minimum Gasteiger partial charge on any atom is -0.391 e. The van der Waals surface area contributed by atoms with Crippen LogP contribution in [0.3, 0.4) is 0 Å². The maximum absolute atomic E-state index is 13.0. The van der Waals surface area contributed by atoms with E-state index >= 15 is 0 Å². The Morgan fingerprint density at radius 2 is 2.09 bits per heavy atom. The molecule has 1 fully saturated rings. The molecular weight excluding hydrogens is 438 g/mol. The summed E-state index contributed by atoms with van der Waals surface area (Å²) in [5, 5.41) is 18.8. The molecular formula is C24H27N5O3S. The summed E-state index contributed by atoms with van der Waals surface area (Å²) in [6, 6.07) is 11.0. The molecule has 1 amide bonds. The quantitative estimate of drug-likeness (QED) is 0.423. The number of aromatic nitrogens is 4. The van der Waals surface area contributed by atoms with Crippen LogP contribution in [0.15, 0.2) is 54.1 Å². The van der Waals surface area contributed by atoms with Gasteiger partial charge in [0.1, 0.15) is 12.0 Å². The summed E-state index contributed by atoms with van der Waals surface area (Å²) in [6.07, 6.45) is 3.41. The highest BCUT2D eigenvalue weighted by atomic mass is 32.2. The van der Waals surface area contributed by atoms with Gasteiger partial charge in [0.25, 0.3) is 5.91 Å². The topological polar surface area (TPSA) is 101 Å². The number of hydrogen-bond donors (Lipinski definition) is 1. The Morgan fingerprint density at radius 1 is 1.27 bits per heavy atom. The number of β-amino-alcohol motifs (C(OH)–C–C–N with tert-alkyl or cyclic N) is 1. The monoisotopic (exact) mass is 465 g/mol. The summed E-state index contributed by atoms with van der Waals surface area (Å²) >= 11 is 1.60. The van der Waals surface area contributed by atoms with Crippen LogP contribution in [0.1, 0.15) is 57.5 Å². The molecule has 0 spiro atoms. The van der Waals surface area contributed by atoms with E-state index in [1.165, 1.54) is 6.20 Å². The van der Waals surface area contributed by atoms with Gasteiger partial charge in [0.15, 0.2) is 10.9 Å². The number of likely N-dealkylation sites (tertiary alicyclic amines) is 1. The molecule has 3 atom stereocenters. The van der Waals surface area contributed by atoms with E-state index in [2.05, 4.69) is 22.1 Å². The zero-order valence-corrected chi connectivity index (χ0v) is 19.7. The van der Waals surface area contributed by atoms with Gasteiger partial charge in [-0.1, -0.05) is 36.0 Å². The first kappa shape index (κ1) is 23.1. The first-order chi connectivity index (χ1) is 15.8. The van der Waals surface area contributed by atoms with Gasteiger partial charge in [-0.2, -0.15) is 0 Å². The third-order valence-corrected chi connectivity index (χ3v) is 7.05. The first-order valence-corrected chi connectivity index (χ1v) is 11.8. The molecule has 172 valence electrons. The van der Waals surface area contributed by atoms with E-state index < -0.39 is 6.10 Å². The van der Waals surface area contributed by atoms with Crippen LogP contribution in [0, 0.1) is 0 Å². The van der Waals surface area contributed by atoms with E-state index in [1.807, 2.05) is 42.8 Å². The van der Waals surface area contributed by atoms with Crippen LogP contribution in [-0.2, 0) is 13.5 Å². The molecule has 0 radical (unpaired) electrons. The fraction of sp³-hybridized carbons (Fsp3) is 0.375. The fourth-order valence-corrected chi connectivity index (χ4v) is 4.91. The maximum Gasteiger partial charge on any atom is 0.254 e. The lowest BCUT2D eigenvalue weighted by Crippen LogP contribution is -2.34. The number of thioether (sulfide) groups is 1. The molecule has 0 aliphatic carbocycles. The molecule has 4 rings (SSSR count). The molecule has 33 heavy (non-hydrogen) atoms. The van der Waals surface area contributed by atoms with Crippen LogP contribution in [0.25, 0.3) is 0 Å². The summed E-state index contributed by atoms with van der Waals surface area (Å²) < 4.78 is 1.87. The number of benzene rings is 1. The van der Waals surface area contributed by atoms with Gasteiger partial charge in [0, 0.05) is 43.1 Å². The van der Waals surface area contributed by atoms with Crippen molar-refractivity contribution in [1.29, 1.82) is 0 Å². The summed E-state index contributed by atoms with van der Waals surface area (Å²) in [5.74, 6) is -0.336. The number of aliphatic hydroxyl groups excluding tert-OH is 1. The van der Waals surface area contributed by atoms with E-state index in [4.69, 9.17) is 0 Å². The second-order valence-corrected chi connectivity index (χ2v) is 9.76. The molecule has 2 aromatic heterocycles. The Labute approximate surface area is 197 Å². The Balaban J connectivity index is 1.45. The predicted molar refractivity (Wildman–Crippen MR) is 125 cm³/mol. The van der Waals surface area contributed by atoms with E-state index in [0.29, 0.717) is 18.5 Å². The minimum absolute atomic E-state index is 0.0380. The Bertz CT molecular complexity index is 1160. The SMILES string of the molecule is C[C@H](Sc1nncn1C)c1cccc(CC(=O)c2cc(C(=O)N3C[C@@H](O)C[C@@H]3C)ccn2)c1. The average Bonchev–Trinajstić information content (AvgIpc) is 3.37. The Hall–Kier alpha value is -3.04. The molecule has 1 aromatic carbocycles. The standard InChI is InChI=1S/C24H27N5O3S/c1-15-9-20(30)13-29(15)23(32)19-7-8-25-21(12-19)22(31)11-17-5-4-6-18(10-17)16(2)33-24-27-26-14-28(24)3/h4-8,10,12,14-16,20,30H,9,11,13H2,1-3H3/t15-,16-,20-/m0/s1. The largest absolute Gasteiger partial charge is 0.391 e. The number of hydrogen-bond acceptors (Lipinski definition) is 7. The number of Topliss-reactive ketones (excluding diaryl/α,β-unsaturated/α-hetero) is 1. The van der Waals surface area contributed by atoms with Crippen molar-refractivity contribution in [2.45, 2.75) is 49.2 Å². The summed E-state index contributed by atoms with van der Waals surface area (Å²) in [5.41, 5.74) is 2.65. The molecule has 0 unspecified atom stereocenters. The predicted octanol–water partition coefficient (Wildman–Crippen LogP) is 3.08. The number of aryl methyl sites for hydroxylation is 1. The molecule has 1 N–H and O–H groups in total. The number of nitrogens with zero attached hydrogens (tertiary/aromatic N) is 5. The van der Waals surface area contributed by atoms with E-state index in [0.717, 1.165) is 16.3 Å². The number of pyridine rings is 1. The summed E-state index contributed by atoms with van der Waals surface area (Å²) in [7, 11) is 1.91. The van der Waals surface area contributed by atoms with E-state index in [-0.39, 0.29) is 35.1 Å². The molecule has 1 saturated heterocycles. The van der Waals surface area contributed by atoms with Gasteiger partial charge >= 0.3 is 0 Å². The van der Waals surface area contributed by atoms with Crippen molar-refractivity contribution in [3.63, 3.8) is 0 Å². The molecule has 3 aromatic rings. The Morgan fingerprint density at radius 3 is 2.79 bits per heavy atom. The molecule has 1 aliphatic heterocycles. The van der Waals surface area contributed by atoms with Crippen molar-refractivity contribution >= 4 is 23.5 Å². The number of rotatable bonds is 7. The summed E-state index contributed by atoms with van der Waals surface area (Å²) in [4.78, 5) is 31.7. The van der Waals surface area contributed by atoms with Gasteiger partial charge in [-0.15, -0.1) is 10.2 Å². The second kappa shape index (κ2) is 9.84. The molecule has 1 aliphatic rings. The number of ketones is 1. The van der Waals surface area contributed by atoms with Crippen molar-refractivity contribution in [3.05, 3.63) is 71.3 Å². The Kier molecular flexibility index (Phi) is 6.90. The lowest BCUT2D eigenvalue weighted by Gasteiger charge is -2.21. The number of amides is 1. The van der Waals surface area contributed by atoms with Gasteiger partial charge < -0.3 is 14.6 Å². The molecule has 9 heteroatoms. The van der Waals surface area contributed by atoms with Crippen LogP contribution < -0.4 is 0 Å². The minimum atomic E-state index is -0.506. The van der Waals surface area contributed by atoms with E-state index in [9.17, 15) is 14.7 Å². The van der Waals surface area contributed by atoms with Crippen molar-refractivity contribution < 1.29 is 14.7 Å². The number of aliphatic hydroxyl groups is 1. The number of carbonyl (C=O) groups excluding carboxylic acids is 2. The zero-order valence-electron chi connectivity index (χ0n) is 18.9. The fourth-order valence-electron chi connectivity index (χ4n) is 4.00. The smallest absolute Gasteiger partial charge is 0.254 e. The van der Waals surface area contributed by atoms with Crippen LogP contribution in [0.4, 0.5) is 0 Å². The highest BCUT2D eigenvalue weighted by Crippen LogP contribution is 2.33. The summed E-state index contributed by atoms with van der Waals surface area (Å²) in [6.45, 7) is 4.31. The molecule has 0 saturated carbocycles. The van der Waals surface area contributed by atoms with Gasteiger partial charge in [0.05, 0.1) is 6.10 Å². The lowest BCUT2D eigenvalue weighted by molar-refractivity contribution is 0.0726. The third kappa shape index (κ3) is 5.31. The van der Waals surface area contributed by atoms with Crippen molar-refractivity contribution in [2.75, 3.05) is 6.54 Å². The third-order valence-electron chi connectivity index (χ3n) is 5.84. The van der Waals surface area contributed by atoms with Gasteiger partial charge in [0.2, 0.25) is 0 Å². The van der Waals surface area contributed by atoms with Crippen LogP contribution in [0.2, 0.25) is 0 Å². The highest BCUT2D eigenvalue weighted by Gasteiger charge is 2.32. The second-order valence-electron chi connectivity index (χ2n) is 8.46. The molecule has 8 nitrogen and oxygen atoms in total. The lowest BCUT2D eigenvalue weighted by atomic mass is 10.0. The normalized spacial score (nSPS) is 19.0. The molecule has 3 heterocycles. The maximum atomic E-state index is 13.0. The number of carbonyl (C=O) groups is 2. The van der Waals surface area contributed by atoms with E-state index in [1.54, 1.807) is 35.1 Å². The van der Waals surface area contributed by atoms with Crippen LogP contribution >= 0.6 is 11.8 Å². The first-order valence-electron chi connectivity index (χ1n) is 10.9. The zero-order chi connectivity index (χ0) is 23.5. The van der Waals surface area contributed by atoms with Crippen LogP contribution in [-0.4, -0.2) is 60.1 Å². The van der Waals surface area contributed by atoms with Gasteiger partial charge in [-0.25, -0.2) is 0 Å². The van der Waals surface area contributed by atoms with Crippen molar-refractivity contribution in [2.24, 2.45) is 7.05 Å².